The molecule has 0 N–H and O–H groups in total. The molecule has 2 heterocycles. The number of para-hydroxylation sites is 1. The highest BCUT2D eigenvalue weighted by molar-refractivity contribution is 6.07. The molecule has 35 heavy (non-hydrogen) atoms. The normalized spacial score (nSPS) is 17.3. The molecule has 0 saturated carbocycles. The van der Waals surface area contributed by atoms with E-state index in [1.165, 1.54) is 0 Å². The van der Waals surface area contributed by atoms with Crippen molar-refractivity contribution in [3.63, 3.8) is 0 Å². The fraction of sp³-hybridized carbons (Fsp3) is 0.250. The average Bonchev–Trinajstić information content (AvgIpc) is 3.22. The van der Waals surface area contributed by atoms with Gasteiger partial charge in [0.1, 0.15) is 11.7 Å². The van der Waals surface area contributed by atoms with Crippen LogP contribution in [0, 0.1) is 0 Å². The summed E-state index contributed by atoms with van der Waals surface area (Å²) in [6.07, 6.45) is 0. The number of hydrogen-bond acceptors (Lipinski definition) is 5. The van der Waals surface area contributed by atoms with Gasteiger partial charge in [-0.05, 0) is 35.2 Å². The van der Waals surface area contributed by atoms with Crippen LogP contribution in [-0.4, -0.2) is 38.9 Å². The number of methoxy groups -OCH3 is 4. The second-order valence-corrected chi connectivity index (χ2v) is 8.47. The maximum absolute atomic E-state index is 13.8. The van der Waals surface area contributed by atoms with E-state index in [4.69, 9.17) is 18.9 Å². The van der Waals surface area contributed by atoms with Crippen molar-refractivity contribution in [2.45, 2.75) is 12.0 Å². The number of β-lactam (4-membered cyclic amide) rings is 1. The summed E-state index contributed by atoms with van der Waals surface area (Å²) >= 11 is 0. The van der Waals surface area contributed by atoms with Gasteiger partial charge in [-0.15, -0.1) is 0 Å². The van der Waals surface area contributed by atoms with Crippen molar-refractivity contribution >= 4 is 22.5 Å². The van der Waals surface area contributed by atoms with E-state index < -0.39 is 0 Å². The van der Waals surface area contributed by atoms with Crippen molar-refractivity contribution < 1.29 is 23.7 Å². The standard InChI is InChI=1S/C28H28N2O5/c1-29-21-9-7-6-8-18(21)14-22(29)25-26(17-10-12-20(32-2)13-11-17)30(28(25)31)19-15-23(33-3)27(35-5)24(16-19)34-4/h6-16,25-26H,1-5H3/t25?,26-/m1/s1. The van der Waals surface area contributed by atoms with Crippen LogP contribution >= 0.6 is 0 Å². The van der Waals surface area contributed by atoms with E-state index in [0.29, 0.717) is 22.9 Å². The van der Waals surface area contributed by atoms with Gasteiger partial charge < -0.3 is 28.4 Å². The highest BCUT2D eigenvalue weighted by Crippen LogP contribution is 2.52. The van der Waals surface area contributed by atoms with Gasteiger partial charge in [0.15, 0.2) is 11.5 Å². The van der Waals surface area contributed by atoms with Gasteiger partial charge in [-0.1, -0.05) is 30.3 Å². The van der Waals surface area contributed by atoms with Crippen LogP contribution in [0.15, 0.2) is 66.7 Å². The molecule has 0 spiro atoms. The topological polar surface area (TPSA) is 62.2 Å². The quantitative estimate of drug-likeness (QED) is 0.351. The molecule has 1 unspecified atom stereocenters. The van der Waals surface area contributed by atoms with Crippen LogP contribution in [0.3, 0.4) is 0 Å². The average molecular weight is 473 g/mol. The Morgan fingerprint density at radius 1 is 0.771 bits per heavy atom. The van der Waals surface area contributed by atoms with E-state index in [1.807, 2.05) is 55.6 Å². The molecule has 7 nitrogen and oxygen atoms in total. The van der Waals surface area contributed by atoms with Gasteiger partial charge in [0, 0.05) is 30.4 Å². The lowest BCUT2D eigenvalue weighted by Gasteiger charge is -2.47. The zero-order valence-corrected chi connectivity index (χ0v) is 20.4. The summed E-state index contributed by atoms with van der Waals surface area (Å²) < 4.78 is 24.1. The van der Waals surface area contributed by atoms with E-state index in [2.05, 4.69) is 22.8 Å². The molecule has 0 aliphatic carbocycles. The zero-order chi connectivity index (χ0) is 24.7. The molecule has 1 amide bonds. The molecule has 4 aromatic rings. The summed E-state index contributed by atoms with van der Waals surface area (Å²) in [6.45, 7) is 0. The van der Waals surface area contributed by atoms with Gasteiger partial charge >= 0.3 is 0 Å². The second kappa shape index (κ2) is 8.91. The molecule has 1 fully saturated rings. The lowest BCUT2D eigenvalue weighted by molar-refractivity contribution is -0.126. The molecule has 180 valence electrons. The summed E-state index contributed by atoms with van der Waals surface area (Å²) in [5.41, 5.74) is 3.76. The summed E-state index contributed by atoms with van der Waals surface area (Å²) in [4.78, 5) is 15.6. The number of fused-ring (bicyclic) bond motifs is 1. The fourth-order valence-electron chi connectivity index (χ4n) is 5.02. The number of anilines is 1. The lowest BCUT2D eigenvalue weighted by Crippen LogP contribution is -2.54. The van der Waals surface area contributed by atoms with E-state index in [0.717, 1.165) is 27.9 Å². The smallest absolute Gasteiger partial charge is 0.239 e. The Balaban J connectivity index is 1.65. The number of hydrogen-bond donors (Lipinski definition) is 0. The van der Waals surface area contributed by atoms with Crippen molar-refractivity contribution in [1.29, 1.82) is 0 Å². The Labute approximate surface area is 204 Å². The minimum Gasteiger partial charge on any atom is -0.497 e. The van der Waals surface area contributed by atoms with Gasteiger partial charge in [-0.25, -0.2) is 0 Å². The highest BCUT2D eigenvalue weighted by atomic mass is 16.5. The molecule has 0 bridgehead atoms. The van der Waals surface area contributed by atoms with Crippen molar-refractivity contribution in [2.24, 2.45) is 7.05 Å². The van der Waals surface area contributed by atoms with E-state index >= 15 is 0 Å². The third-order valence-corrected chi connectivity index (χ3v) is 6.79. The Bertz CT molecular complexity index is 1370. The lowest BCUT2D eigenvalue weighted by atomic mass is 9.79. The first-order valence-corrected chi connectivity index (χ1v) is 11.3. The van der Waals surface area contributed by atoms with Gasteiger partial charge in [-0.2, -0.15) is 0 Å². The van der Waals surface area contributed by atoms with Crippen molar-refractivity contribution in [3.8, 4) is 23.0 Å². The van der Waals surface area contributed by atoms with Gasteiger partial charge in [0.2, 0.25) is 11.7 Å². The van der Waals surface area contributed by atoms with Crippen LogP contribution in [0.2, 0.25) is 0 Å². The Morgan fingerprint density at radius 3 is 2.00 bits per heavy atom. The first-order chi connectivity index (χ1) is 17.0. The number of aryl methyl sites for hydroxylation is 1. The fourth-order valence-corrected chi connectivity index (χ4v) is 5.02. The van der Waals surface area contributed by atoms with Gasteiger partial charge in [0.25, 0.3) is 0 Å². The zero-order valence-electron chi connectivity index (χ0n) is 20.4. The van der Waals surface area contributed by atoms with Crippen LogP contribution in [-0.2, 0) is 11.8 Å². The van der Waals surface area contributed by atoms with E-state index in [-0.39, 0.29) is 17.9 Å². The highest BCUT2D eigenvalue weighted by Gasteiger charge is 2.51. The Hall–Kier alpha value is -4.13. The molecule has 0 radical (unpaired) electrons. The molecule has 3 aromatic carbocycles. The van der Waals surface area contributed by atoms with Crippen LogP contribution in [0.1, 0.15) is 23.2 Å². The minimum atomic E-state index is -0.347. The van der Waals surface area contributed by atoms with Gasteiger partial charge in [-0.3, -0.25) is 4.79 Å². The predicted molar refractivity (Wildman–Crippen MR) is 135 cm³/mol. The number of rotatable bonds is 7. The van der Waals surface area contributed by atoms with Crippen LogP contribution < -0.4 is 23.8 Å². The monoisotopic (exact) mass is 472 g/mol. The summed E-state index contributed by atoms with van der Waals surface area (Å²) in [7, 11) is 8.35. The second-order valence-electron chi connectivity index (χ2n) is 8.47. The molecule has 1 aliphatic heterocycles. The maximum atomic E-state index is 13.8. The van der Waals surface area contributed by atoms with Crippen molar-refractivity contribution in [3.05, 3.63) is 78.0 Å². The first-order valence-electron chi connectivity index (χ1n) is 11.3. The molecular formula is C28H28N2O5. The summed E-state index contributed by atoms with van der Waals surface area (Å²) in [5.74, 6) is 1.90. The molecule has 1 aliphatic rings. The van der Waals surface area contributed by atoms with Crippen LogP contribution in [0.25, 0.3) is 10.9 Å². The molecular weight excluding hydrogens is 444 g/mol. The maximum Gasteiger partial charge on any atom is 0.239 e. The number of amides is 1. The number of nitrogens with zero attached hydrogens (tertiary/aromatic N) is 2. The first kappa shape index (κ1) is 22.7. The van der Waals surface area contributed by atoms with E-state index in [9.17, 15) is 4.79 Å². The Kier molecular flexibility index (Phi) is 5.76. The third-order valence-electron chi connectivity index (χ3n) is 6.79. The number of benzene rings is 3. The summed E-state index contributed by atoms with van der Waals surface area (Å²) in [6, 6.07) is 21.5. The number of carbonyl (C=O) groups is 1. The number of carbonyl (C=O) groups excluding carboxylic acids is 1. The van der Waals surface area contributed by atoms with Crippen molar-refractivity contribution in [2.75, 3.05) is 33.3 Å². The number of ether oxygens (including phenoxy) is 4. The van der Waals surface area contributed by atoms with Crippen LogP contribution in [0.4, 0.5) is 5.69 Å². The SMILES string of the molecule is COc1ccc([C@@H]2C(c3cc4ccccc4n3C)C(=O)N2c2cc(OC)c(OC)c(OC)c2)cc1. The predicted octanol–water partition coefficient (Wildman–Crippen LogP) is 5.08. The summed E-state index contributed by atoms with van der Waals surface area (Å²) in [5, 5.41) is 1.11. The van der Waals surface area contributed by atoms with Crippen molar-refractivity contribution in [1.82, 2.24) is 4.57 Å². The number of aromatic nitrogens is 1. The molecule has 5 rings (SSSR count). The minimum absolute atomic E-state index is 0.00555. The molecule has 1 aromatic heterocycles. The van der Waals surface area contributed by atoms with Gasteiger partial charge in [0.05, 0.1) is 40.2 Å². The van der Waals surface area contributed by atoms with E-state index in [1.54, 1.807) is 33.3 Å². The van der Waals surface area contributed by atoms with Crippen LogP contribution in [0.5, 0.6) is 23.0 Å². The third kappa shape index (κ3) is 3.55. The molecule has 1 saturated heterocycles. The molecule has 7 heteroatoms. The largest absolute Gasteiger partial charge is 0.497 e. The molecule has 2 atom stereocenters. The Morgan fingerprint density at radius 2 is 1.43 bits per heavy atom.